The summed E-state index contributed by atoms with van der Waals surface area (Å²) in [6.45, 7) is 2.41. The highest BCUT2D eigenvalue weighted by atomic mass is 16.5. The number of nitrogens with two attached hydrogens (primary N) is 2. The van der Waals surface area contributed by atoms with E-state index in [2.05, 4.69) is 25.6 Å². The second-order valence-electron chi connectivity index (χ2n) is 6.55. The van der Waals surface area contributed by atoms with Crippen LogP contribution < -0.4 is 26.8 Å². The quantitative estimate of drug-likeness (QED) is 0.639. The summed E-state index contributed by atoms with van der Waals surface area (Å²) in [4.78, 5) is 12.7. The van der Waals surface area contributed by atoms with Crippen molar-refractivity contribution in [2.45, 2.75) is 6.92 Å². The topological polar surface area (TPSA) is 123 Å². The Balaban J connectivity index is 1.48. The number of hydrogen-bond acceptors (Lipinski definition) is 8. The number of nitrogens with one attached hydrogen (secondary N) is 2. The molecule has 0 aliphatic carbocycles. The fourth-order valence-electron chi connectivity index (χ4n) is 2.85. The molecule has 0 saturated heterocycles. The summed E-state index contributed by atoms with van der Waals surface area (Å²) >= 11 is 0. The average Bonchev–Trinajstić information content (AvgIpc) is 2.70. The summed E-state index contributed by atoms with van der Waals surface area (Å²) < 4.78 is 5.85. The van der Waals surface area contributed by atoms with Crippen molar-refractivity contribution in [2.24, 2.45) is 21.5 Å². The van der Waals surface area contributed by atoms with Gasteiger partial charge in [0.25, 0.3) is 0 Å². The van der Waals surface area contributed by atoms with Gasteiger partial charge in [-0.2, -0.15) is 4.99 Å². The first-order valence-corrected chi connectivity index (χ1v) is 9.07. The molecule has 29 heavy (non-hydrogen) atoms. The van der Waals surface area contributed by atoms with E-state index < -0.39 is 0 Å². The molecule has 2 aliphatic rings. The number of anilines is 1. The third-order valence-corrected chi connectivity index (χ3v) is 4.25. The van der Waals surface area contributed by atoms with Crippen LogP contribution in [-0.2, 0) is 0 Å². The molecular weight excluding hydrogens is 366 g/mol. The van der Waals surface area contributed by atoms with E-state index in [0.29, 0.717) is 24.2 Å². The van der Waals surface area contributed by atoms with Crippen molar-refractivity contribution in [3.8, 4) is 11.5 Å². The van der Waals surface area contributed by atoms with E-state index in [1.54, 1.807) is 12.3 Å². The number of allylic oxidation sites excluding steroid dienone is 1. The number of nitrogens with zero attached hydrogens (tertiary/aromatic N) is 3. The fraction of sp³-hybridized carbons (Fsp3) is 0.0952. The number of aromatic nitrogens is 1. The van der Waals surface area contributed by atoms with Crippen LogP contribution in [0.2, 0.25) is 0 Å². The van der Waals surface area contributed by atoms with E-state index in [9.17, 15) is 0 Å². The number of pyridine rings is 1. The largest absolute Gasteiger partial charge is 0.457 e. The molecule has 146 valence electrons. The highest BCUT2D eigenvalue weighted by Gasteiger charge is 2.13. The van der Waals surface area contributed by atoms with Gasteiger partial charge in [-0.3, -0.25) is 9.98 Å². The van der Waals surface area contributed by atoms with Gasteiger partial charge in [-0.05, 0) is 48.9 Å². The zero-order chi connectivity index (χ0) is 20.2. The zero-order valence-corrected chi connectivity index (χ0v) is 15.9. The van der Waals surface area contributed by atoms with Crippen LogP contribution in [0.5, 0.6) is 11.5 Å². The molecule has 0 amide bonds. The van der Waals surface area contributed by atoms with Crippen LogP contribution in [-0.4, -0.2) is 23.3 Å². The summed E-state index contributed by atoms with van der Waals surface area (Å²) in [6, 6.07) is 11.3. The molecule has 0 unspecified atom stereocenters. The third-order valence-electron chi connectivity index (χ3n) is 4.25. The molecule has 0 fully saturated rings. The van der Waals surface area contributed by atoms with Crippen molar-refractivity contribution in [1.29, 1.82) is 0 Å². The Morgan fingerprint density at radius 3 is 2.62 bits per heavy atom. The number of ether oxygens (including phenoxy) is 1. The Morgan fingerprint density at radius 1 is 1.07 bits per heavy atom. The monoisotopic (exact) mass is 387 g/mol. The van der Waals surface area contributed by atoms with E-state index in [-0.39, 0.29) is 0 Å². The molecule has 3 heterocycles. The van der Waals surface area contributed by atoms with Crippen LogP contribution >= 0.6 is 0 Å². The minimum absolute atomic E-state index is 0.307. The predicted octanol–water partition coefficient (Wildman–Crippen LogP) is 2.53. The summed E-state index contributed by atoms with van der Waals surface area (Å²) in [5, 5.41) is 6.32. The van der Waals surface area contributed by atoms with Gasteiger partial charge in [0, 0.05) is 35.4 Å². The van der Waals surface area contributed by atoms with Gasteiger partial charge in [0.05, 0.1) is 6.54 Å². The van der Waals surface area contributed by atoms with E-state index in [1.165, 1.54) is 0 Å². The van der Waals surface area contributed by atoms with Crippen molar-refractivity contribution in [2.75, 3.05) is 11.9 Å². The van der Waals surface area contributed by atoms with Gasteiger partial charge in [-0.15, -0.1) is 0 Å². The number of hydrogen-bond donors (Lipinski definition) is 4. The summed E-state index contributed by atoms with van der Waals surface area (Å²) in [5.74, 6) is 2.92. The number of guanidine groups is 1. The number of amidine groups is 1. The molecule has 1 aromatic carbocycles. The van der Waals surface area contributed by atoms with E-state index >= 15 is 0 Å². The first-order chi connectivity index (χ1) is 14.0. The molecule has 2 aliphatic heterocycles. The van der Waals surface area contributed by atoms with Crippen LogP contribution in [0.25, 0.3) is 0 Å². The molecule has 8 nitrogen and oxygen atoms in total. The van der Waals surface area contributed by atoms with Crippen LogP contribution in [0, 0.1) is 6.92 Å². The standard InChI is InChI=1S/C21H21N7O/c1-13-10-17(8-9-24-13)29-16-5-3-15(4-6-16)26-20-11-18(27-21(23)28-20)14-2-7-19(22)25-12-14/h2-11,26H,12H2,1H3,(H2,22,25)(H3,23,27,28). The van der Waals surface area contributed by atoms with E-state index in [4.69, 9.17) is 16.2 Å². The summed E-state index contributed by atoms with van der Waals surface area (Å²) in [7, 11) is 0. The second-order valence-corrected chi connectivity index (χ2v) is 6.55. The van der Waals surface area contributed by atoms with Crippen molar-refractivity contribution in [3.63, 3.8) is 0 Å². The normalized spacial score (nSPS) is 18.3. The predicted molar refractivity (Wildman–Crippen MR) is 115 cm³/mol. The maximum absolute atomic E-state index is 5.94. The lowest BCUT2D eigenvalue weighted by molar-refractivity contribution is 0.481. The van der Waals surface area contributed by atoms with Gasteiger partial charge >= 0.3 is 0 Å². The van der Waals surface area contributed by atoms with Gasteiger partial charge in [-0.25, -0.2) is 0 Å². The molecule has 0 atom stereocenters. The van der Waals surface area contributed by atoms with Crippen molar-refractivity contribution in [1.82, 2.24) is 10.3 Å². The van der Waals surface area contributed by atoms with Crippen molar-refractivity contribution >= 4 is 17.5 Å². The molecule has 0 bridgehead atoms. The Labute approximate surface area is 168 Å². The lowest BCUT2D eigenvalue weighted by Crippen LogP contribution is -2.34. The molecule has 0 saturated carbocycles. The van der Waals surface area contributed by atoms with Crippen molar-refractivity contribution in [3.05, 3.63) is 83.6 Å². The Morgan fingerprint density at radius 2 is 1.90 bits per heavy atom. The second kappa shape index (κ2) is 7.89. The van der Waals surface area contributed by atoms with Gasteiger partial charge < -0.3 is 26.8 Å². The highest BCUT2D eigenvalue weighted by Crippen LogP contribution is 2.24. The number of dihydropyridines is 1. The summed E-state index contributed by atoms with van der Waals surface area (Å²) in [6.07, 6.45) is 7.29. The highest BCUT2D eigenvalue weighted by molar-refractivity contribution is 5.93. The van der Waals surface area contributed by atoms with Gasteiger partial charge in [-0.1, -0.05) is 6.08 Å². The molecule has 1 aromatic heterocycles. The van der Waals surface area contributed by atoms with Crippen LogP contribution in [0.3, 0.4) is 0 Å². The van der Waals surface area contributed by atoms with Gasteiger partial charge in [0.2, 0.25) is 0 Å². The van der Waals surface area contributed by atoms with Gasteiger partial charge in [0.1, 0.15) is 23.2 Å². The maximum Gasteiger partial charge on any atom is 0.199 e. The SMILES string of the molecule is Cc1cc(Oc2ccc(NC3=CC(=C4C=CC(N)=NC4)NC(N)=N3)cc2)ccn1. The first kappa shape index (κ1) is 18.3. The Kier molecular flexibility index (Phi) is 4.98. The number of rotatable bonds is 4. The minimum Gasteiger partial charge on any atom is -0.457 e. The lowest BCUT2D eigenvalue weighted by atomic mass is 10.1. The maximum atomic E-state index is 5.94. The molecule has 6 N–H and O–H groups in total. The molecule has 8 heteroatoms. The summed E-state index contributed by atoms with van der Waals surface area (Å²) in [5.41, 5.74) is 15.2. The number of aliphatic imine (C=N–C) groups is 2. The van der Waals surface area contributed by atoms with Crippen LogP contribution in [0.15, 0.2) is 87.9 Å². The molecular formula is C21H21N7O. The van der Waals surface area contributed by atoms with E-state index in [1.807, 2.05) is 55.5 Å². The average molecular weight is 387 g/mol. The van der Waals surface area contributed by atoms with Crippen LogP contribution in [0.1, 0.15) is 5.69 Å². The first-order valence-electron chi connectivity index (χ1n) is 9.07. The minimum atomic E-state index is 0.307. The number of benzene rings is 1. The third kappa shape index (κ3) is 4.62. The Bertz CT molecular complexity index is 1080. The lowest BCUT2D eigenvalue weighted by Gasteiger charge is -2.19. The molecule has 4 rings (SSSR count). The van der Waals surface area contributed by atoms with Crippen LogP contribution in [0.4, 0.5) is 5.69 Å². The molecule has 0 radical (unpaired) electrons. The molecule has 0 spiro atoms. The van der Waals surface area contributed by atoms with Gasteiger partial charge in [0.15, 0.2) is 5.96 Å². The fourth-order valence-corrected chi connectivity index (χ4v) is 2.85. The van der Waals surface area contributed by atoms with Crippen molar-refractivity contribution < 1.29 is 4.74 Å². The number of aryl methyl sites for hydroxylation is 1. The van der Waals surface area contributed by atoms with E-state index in [0.717, 1.165) is 34.2 Å². The molecule has 2 aromatic rings. The Hall–Kier alpha value is -4.07. The zero-order valence-electron chi connectivity index (χ0n) is 15.9. The smallest absolute Gasteiger partial charge is 0.199 e.